The molecule has 0 aliphatic rings. The van der Waals surface area contributed by atoms with E-state index in [9.17, 15) is 9.18 Å². The molecule has 0 aliphatic heterocycles. The smallest absolute Gasteiger partial charge is 0.270 e. The molecule has 132 valence electrons. The number of nitrogens with zero attached hydrogens (tertiary/aromatic N) is 2. The molecule has 1 amide bonds. The van der Waals surface area contributed by atoms with E-state index in [0.717, 1.165) is 5.56 Å². The molecular formula is C19H16ClFN4O. The van der Waals surface area contributed by atoms with Crippen LogP contribution in [-0.4, -0.2) is 15.9 Å². The number of amides is 1. The lowest BCUT2D eigenvalue weighted by Gasteiger charge is -2.14. The first-order chi connectivity index (χ1) is 12.5. The van der Waals surface area contributed by atoms with E-state index in [1.54, 1.807) is 0 Å². The van der Waals surface area contributed by atoms with Gasteiger partial charge in [0.15, 0.2) is 0 Å². The number of aromatic nitrogens is 2. The second-order valence-corrected chi connectivity index (χ2v) is 6.03. The molecular weight excluding hydrogens is 355 g/mol. The fourth-order valence-electron chi connectivity index (χ4n) is 2.34. The third-order valence-corrected chi connectivity index (χ3v) is 4.00. The minimum absolute atomic E-state index is 0.0133. The van der Waals surface area contributed by atoms with Gasteiger partial charge in [-0.1, -0.05) is 41.9 Å². The van der Waals surface area contributed by atoms with Gasteiger partial charge in [0.25, 0.3) is 5.91 Å². The highest BCUT2D eigenvalue weighted by Crippen LogP contribution is 2.21. The first-order valence-electron chi connectivity index (χ1n) is 7.94. The second-order valence-electron chi connectivity index (χ2n) is 5.63. The average Bonchev–Trinajstić information content (AvgIpc) is 2.65. The van der Waals surface area contributed by atoms with Gasteiger partial charge in [-0.15, -0.1) is 0 Å². The Morgan fingerprint density at radius 1 is 1.15 bits per heavy atom. The first kappa shape index (κ1) is 17.8. The molecule has 2 N–H and O–H groups in total. The number of halogens is 2. The summed E-state index contributed by atoms with van der Waals surface area (Å²) >= 11 is 5.76. The summed E-state index contributed by atoms with van der Waals surface area (Å²) in [6.45, 7) is 1.90. The maximum absolute atomic E-state index is 13.2. The Bertz CT molecular complexity index is 920. The third kappa shape index (κ3) is 4.34. The number of benzene rings is 2. The van der Waals surface area contributed by atoms with Crippen LogP contribution >= 0.6 is 11.6 Å². The average molecular weight is 371 g/mol. The molecule has 0 fully saturated rings. The van der Waals surface area contributed by atoms with Crippen molar-refractivity contribution in [3.05, 3.63) is 82.9 Å². The van der Waals surface area contributed by atoms with E-state index >= 15 is 0 Å². The summed E-state index contributed by atoms with van der Waals surface area (Å²) in [6.07, 6.45) is 1.47. The van der Waals surface area contributed by atoms with E-state index in [1.807, 2.05) is 37.3 Å². The van der Waals surface area contributed by atoms with Crippen molar-refractivity contribution in [2.24, 2.45) is 0 Å². The summed E-state index contributed by atoms with van der Waals surface area (Å²) in [6, 6.07) is 15.2. The normalized spacial score (nSPS) is 11.7. The maximum atomic E-state index is 13.2. The van der Waals surface area contributed by atoms with Gasteiger partial charge >= 0.3 is 0 Å². The Hall–Kier alpha value is -2.99. The van der Waals surface area contributed by atoms with Gasteiger partial charge in [0.05, 0.1) is 11.1 Å². The SMILES string of the molecule is CC(NC(=O)c1ccnc(Nc2ccc(F)c(Cl)c2)n1)c1ccccc1. The number of carbonyl (C=O) groups is 1. The second kappa shape index (κ2) is 7.93. The summed E-state index contributed by atoms with van der Waals surface area (Å²) < 4.78 is 13.2. The van der Waals surface area contributed by atoms with E-state index < -0.39 is 5.82 Å². The summed E-state index contributed by atoms with van der Waals surface area (Å²) in [5.41, 5.74) is 1.74. The predicted molar refractivity (Wildman–Crippen MR) is 99.0 cm³/mol. The molecule has 7 heteroatoms. The molecule has 0 aliphatic carbocycles. The lowest BCUT2D eigenvalue weighted by Crippen LogP contribution is -2.27. The van der Waals surface area contributed by atoms with Crippen LogP contribution in [-0.2, 0) is 0 Å². The highest BCUT2D eigenvalue weighted by Gasteiger charge is 2.13. The molecule has 1 aromatic heterocycles. The Balaban J connectivity index is 1.72. The van der Waals surface area contributed by atoms with Crippen molar-refractivity contribution < 1.29 is 9.18 Å². The molecule has 0 spiro atoms. The summed E-state index contributed by atoms with van der Waals surface area (Å²) in [7, 11) is 0. The molecule has 1 heterocycles. The largest absolute Gasteiger partial charge is 0.344 e. The van der Waals surface area contributed by atoms with Crippen LogP contribution < -0.4 is 10.6 Å². The van der Waals surface area contributed by atoms with E-state index in [-0.39, 0.29) is 28.6 Å². The van der Waals surface area contributed by atoms with Crippen LogP contribution in [0.15, 0.2) is 60.8 Å². The van der Waals surface area contributed by atoms with Crippen LogP contribution in [0.1, 0.15) is 29.0 Å². The number of rotatable bonds is 5. The van der Waals surface area contributed by atoms with Gasteiger partial charge in [-0.3, -0.25) is 4.79 Å². The maximum Gasteiger partial charge on any atom is 0.270 e. The van der Waals surface area contributed by atoms with E-state index in [1.165, 1.54) is 30.5 Å². The highest BCUT2D eigenvalue weighted by atomic mass is 35.5. The van der Waals surface area contributed by atoms with E-state index in [4.69, 9.17) is 11.6 Å². The van der Waals surface area contributed by atoms with Crippen LogP contribution in [0.3, 0.4) is 0 Å². The van der Waals surface area contributed by atoms with Crippen LogP contribution in [0.2, 0.25) is 5.02 Å². The molecule has 26 heavy (non-hydrogen) atoms. The van der Waals surface area contributed by atoms with Crippen LogP contribution in [0, 0.1) is 5.82 Å². The van der Waals surface area contributed by atoms with Gasteiger partial charge in [0.1, 0.15) is 11.5 Å². The molecule has 0 bridgehead atoms. The van der Waals surface area contributed by atoms with E-state index in [2.05, 4.69) is 20.6 Å². The van der Waals surface area contributed by atoms with Gasteiger partial charge < -0.3 is 10.6 Å². The van der Waals surface area contributed by atoms with Crippen molar-refractivity contribution in [3.63, 3.8) is 0 Å². The topological polar surface area (TPSA) is 66.9 Å². The van der Waals surface area contributed by atoms with E-state index in [0.29, 0.717) is 5.69 Å². The zero-order valence-electron chi connectivity index (χ0n) is 13.9. The molecule has 1 unspecified atom stereocenters. The minimum Gasteiger partial charge on any atom is -0.344 e. The van der Waals surface area contributed by atoms with Crippen molar-refractivity contribution in [1.82, 2.24) is 15.3 Å². The number of hydrogen-bond acceptors (Lipinski definition) is 4. The molecule has 0 saturated carbocycles. The highest BCUT2D eigenvalue weighted by molar-refractivity contribution is 6.31. The lowest BCUT2D eigenvalue weighted by atomic mass is 10.1. The van der Waals surface area contributed by atoms with Crippen molar-refractivity contribution >= 4 is 29.1 Å². The lowest BCUT2D eigenvalue weighted by molar-refractivity contribution is 0.0935. The van der Waals surface area contributed by atoms with Crippen molar-refractivity contribution in [1.29, 1.82) is 0 Å². The fourth-order valence-corrected chi connectivity index (χ4v) is 2.52. The third-order valence-electron chi connectivity index (χ3n) is 3.71. The van der Waals surface area contributed by atoms with Gasteiger partial charge in [-0.25, -0.2) is 14.4 Å². The number of nitrogens with one attached hydrogen (secondary N) is 2. The first-order valence-corrected chi connectivity index (χ1v) is 8.31. The summed E-state index contributed by atoms with van der Waals surface area (Å²) in [4.78, 5) is 20.7. The minimum atomic E-state index is -0.513. The quantitative estimate of drug-likeness (QED) is 0.693. The van der Waals surface area contributed by atoms with Gasteiger partial charge in [0.2, 0.25) is 5.95 Å². The van der Waals surface area contributed by atoms with Crippen LogP contribution in [0.5, 0.6) is 0 Å². The Morgan fingerprint density at radius 3 is 2.65 bits per heavy atom. The van der Waals surface area contributed by atoms with Crippen molar-refractivity contribution in [3.8, 4) is 0 Å². The predicted octanol–water partition coefficient (Wildman–Crippen LogP) is 4.50. The molecule has 5 nitrogen and oxygen atoms in total. The zero-order valence-corrected chi connectivity index (χ0v) is 14.7. The van der Waals surface area contributed by atoms with Crippen molar-refractivity contribution in [2.45, 2.75) is 13.0 Å². The Morgan fingerprint density at radius 2 is 1.92 bits per heavy atom. The fraction of sp³-hybridized carbons (Fsp3) is 0.105. The zero-order chi connectivity index (χ0) is 18.5. The summed E-state index contributed by atoms with van der Waals surface area (Å²) in [5.74, 6) is -0.613. The number of anilines is 2. The monoisotopic (exact) mass is 370 g/mol. The molecule has 2 aromatic carbocycles. The number of carbonyl (C=O) groups excluding carboxylic acids is 1. The van der Waals surface area contributed by atoms with Crippen molar-refractivity contribution in [2.75, 3.05) is 5.32 Å². The van der Waals surface area contributed by atoms with Crippen LogP contribution in [0.25, 0.3) is 0 Å². The molecule has 1 atom stereocenters. The van der Waals surface area contributed by atoms with Crippen LogP contribution in [0.4, 0.5) is 16.0 Å². The Kier molecular flexibility index (Phi) is 5.43. The molecule has 3 aromatic rings. The molecule has 0 saturated heterocycles. The molecule has 0 radical (unpaired) electrons. The van der Waals surface area contributed by atoms with Gasteiger partial charge in [0, 0.05) is 11.9 Å². The summed E-state index contributed by atoms with van der Waals surface area (Å²) in [5, 5.41) is 5.78. The van der Waals surface area contributed by atoms with Gasteiger partial charge in [-0.2, -0.15) is 0 Å². The van der Waals surface area contributed by atoms with Gasteiger partial charge in [-0.05, 0) is 36.8 Å². The molecule has 3 rings (SSSR count). The Labute approximate surface area is 155 Å². The standard InChI is InChI=1S/C19H16ClFN4O/c1-12(13-5-3-2-4-6-13)23-18(26)17-9-10-22-19(25-17)24-14-7-8-16(21)15(20)11-14/h2-12H,1H3,(H,23,26)(H,22,24,25). The number of hydrogen-bond donors (Lipinski definition) is 2.